The third kappa shape index (κ3) is 3.64. The molecule has 1 aromatic carbocycles. The molecular weight excluding hydrogens is 226 g/mol. The van der Waals surface area contributed by atoms with Crippen LogP contribution >= 0.6 is 0 Å². The van der Waals surface area contributed by atoms with Crippen LogP contribution in [0.25, 0.3) is 0 Å². The molecule has 0 heterocycles. The Labute approximate surface area is 108 Å². The summed E-state index contributed by atoms with van der Waals surface area (Å²) in [7, 11) is 0. The Morgan fingerprint density at radius 3 is 2.61 bits per heavy atom. The number of hydrogen-bond acceptors (Lipinski definition) is 4. The minimum atomic E-state index is -0.684. The molecule has 1 aromatic rings. The number of aliphatic hydroxyl groups is 1. The lowest BCUT2D eigenvalue weighted by atomic mass is 9.97. The Balaban J connectivity index is 2.74. The van der Waals surface area contributed by atoms with E-state index in [-0.39, 0.29) is 0 Å². The second-order valence-corrected chi connectivity index (χ2v) is 4.53. The van der Waals surface area contributed by atoms with Gasteiger partial charge in [-0.05, 0) is 36.6 Å². The zero-order chi connectivity index (χ0) is 13.6. The molecule has 4 nitrogen and oxygen atoms in total. The van der Waals surface area contributed by atoms with Gasteiger partial charge in [0.15, 0.2) is 0 Å². The van der Waals surface area contributed by atoms with Crippen molar-refractivity contribution in [2.24, 2.45) is 0 Å². The van der Waals surface area contributed by atoms with Gasteiger partial charge in [0.25, 0.3) is 0 Å². The van der Waals surface area contributed by atoms with Gasteiger partial charge in [0.1, 0.15) is 0 Å². The normalized spacial score (nSPS) is 11.0. The van der Waals surface area contributed by atoms with Gasteiger partial charge in [-0.2, -0.15) is 5.26 Å². The van der Waals surface area contributed by atoms with Crippen molar-refractivity contribution in [1.82, 2.24) is 0 Å². The topological polar surface area (TPSA) is 82.1 Å². The zero-order valence-corrected chi connectivity index (χ0v) is 11.0. The van der Waals surface area contributed by atoms with E-state index in [1.807, 2.05) is 26.0 Å². The van der Waals surface area contributed by atoms with Crippen LogP contribution in [0.4, 0.5) is 11.4 Å². The molecule has 0 fully saturated rings. The number of benzene rings is 1. The van der Waals surface area contributed by atoms with E-state index in [0.29, 0.717) is 31.5 Å². The van der Waals surface area contributed by atoms with E-state index in [1.54, 1.807) is 6.07 Å². The minimum Gasteiger partial charge on any atom is -0.398 e. The number of hydrogen-bond donors (Lipinski definition) is 3. The van der Waals surface area contributed by atoms with E-state index in [4.69, 9.17) is 11.0 Å². The first-order valence-electron chi connectivity index (χ1n) is 6.26. The first kappa shape index (κ1) is 14.3. The summed E-state index contributed by atoms with van der Waals surface area (Å²) in [4.78, 5) is 0. The third-order valence-corrected chi connectivity index (χ3v) is 3.35. The van der Waals surface area contributed by atoms with Crippen LogP contribution in [0.5, 0.6) is 0 Å². The highest BCUT2D eigenvalue weighted by atomic mass is 16.3. The summed E-state index contributed by atoms with van der Waals surface area (Å²) < 4.78 is 0. The number of nitrogens with zero attached hydrogens (tertiary/aromatic N) is 1. The number of rotatable bonds is 6. The summed E-state index contributed by atoms with van der Waals surface area (Å²) in [6, 6.07) is 7.60. The lowest BCUT2D eigenvalue weighted by Crippen LogP contribution is -2.35. The van der Waals surface area contributed by atoms with Crippen molar-refractivity contribution >= 4 is 11.4 Å². The van der Waals surface area contributed by atoms with Gasteiger partial charge in [-0.25, -0.2) is 0 Å². The first-order chi connectivity index (χ1) is 8.54. The predicted molar refractivity (Wildman–Crippen MR) is 74.2 cm³/mol. The van der Waals surface area contributed by atoms with Crippen LogP contribution in [0, 0.1) is 11.3 Å². The maximum absolute atomic E-state index is 10.2. The number of nitrogens with two attached hydrogens (primary N) is 1. The number of nitriles is 1. The minimum absolute atomic E-state index is 0.299. The monoisotopic (exact) mass is 247 g/mol. The molecule has 0 aromatic heterocycles. The maximum atomic E-state index is 10.2. The highest BCUT2D eigenvalue weighted by molar-refractivity contribution is 5.58. The smallest absolute Gasteiger partial charge is 0.0814 e. The van der Waals surface area contributed by atoms with Gasteiger partial charge in [-0.3, -0.25) is 0 Å². The molecule has 18 heavy (non-hydrogen) atoms. The largest absolute Gasteiger partial charge is 0.398 e. The van der Waals surface area contributed by atoms with Crippen molar-refractivity contribution < 1.29 is 5.11 Å². The molecule has 0 aliphatic rings. The molecule has 0 bridgehead atoms. The number of anilines is 2. The van der Waals surface area contributed by atoms with E-state index >= 15 is 0 Å². The molecule has 0 amide bonds. The van der Waals surface area contributed by atoms with Crippen molar-refractivity contribution in [3.05, 3.63) is 23.8 Å². The average Bonchev–Trinajstić information content (AvgIpc) is 2.39. The van der Waals surface area contributed by atoms with Crippen molar-refractivity contribution in [2.45, 2.75) is 38.7 Å². The molecule has 4 heteroatoms. The Kier molecular flexibility index (Phi) is 4.99. The molecule has 0 saturated heterocycles. The molecule has 0 aliphatic carbocycles. The van der Waals surface area contributed by atoms with Gasteiger partial charge in [0.05, 0.1) is 18.1 Å². The fourth-order valence-corrected chi connectivity index (χ4v) is 1.72. The van der Waals surface area contributed by atoms with E-state index in [0.717, 1.165) is 11.3 Å². The van der Waals surface area contributed by atoms with Gasteiger partial charge in [-0.1, -0.05) is 13.8 Å². The maximum Gasteiger partial charge on any atom is 0.0814 e. The molecular formula is C14H21N3O. The molecule has 0 radical (unpaired) electrons. The first-order valence-corrected chi connectivity index (χ1v) is 6.26. The van der Waals surface area contributed by atoms with Crippen LogP contribution in [-0.4, -0.2) is 17.3 Å². The third-order valence-electron chi connectivity index (χ3n) is 3.35. The van der Waals surface area contributed by atoms with Gasteiger partial charge in [0.2, 0.25) is 0 Å². The van der Waals surface area contributed by atoms with E-state index < -0.39 is 5.60 Å². The number of nitrogens with one attached hydrogen (secondary N) is 1. The van der Waals surface area contributed by atoms with E-state index in [1.165, 1.54) is 0 Å². The van der Waals surface area contributed by atoms with Crippen LogP contribution in [0.15, 0.2) is 18.2 Å². The molecule has 0 atom stereocenters. The lowest BCUT2D eigenvalue weighted by Gasteiger charge is -2.26. The summed E-state index contributed by atoms with van der Waals surface area (Å²) in [5.74, 6) is 0. The van der Waals surface area contributed by atoms with Crippen molar-refractivity contribution in [2.75, 3.05) is 17.6 Å². The Hall–Kier alpha value is -1.73. The summed E-state index contributed by atoms with van der Waals surface area (Å²) in [6.07, 6.45) is 1.71. The Morgan fingerprint density at radius 2 is 2.06 bits per heavy atom. The fraction of sp³-hybridized carbons (Fsp3) is 0.500. The Morgan fingerprint density at radius 1 is 1.39 bits per heavy atom. The Bertz CT molecular complexity index is 433. The van der Waals surface area contributed by atoms with Crippen molar-refractivity contribution in [3.8, 4) is 6.07 Å². The van der Waals surface area contributed by atoms with Crippen LogP contribution in [0.2, 0.25) is 0 Å². The van der Waals surface area contributed by atoms with Gasteiger partial charge >= 0.3 is 0 Å². The van der Waals surface area contributed by atoms with Crippen LogP contribution < -0.4 is 11.1 Å². The number of nitrogen functional groups attached to an aromatic ring is 1. The van der Waals surface area contributed by atoms with Crippen molar-refractivity contribution in [1.29, 1.82) is 5.26 Å². The molecule has 98 valence electrons. The van der Waals surface area contributed by atoms with Crippen LogP contribution in [0.3, 0.4) is 0 Å². The highest BCUT2D eigenvalue weighted by Gasteiger charge is 2.21. The van der Waals surface area contributed by atoms with Crippen molar-refractivity contribution in [3.63, 3.8) is 0 Å². The molecule has 4 N–H and O–H groups in total. The van der Waals surface area contributed by atoms with E-state index in [9.17, 15) is 5.11 Å². The molecule has 0 spiro atoms. The highest BCUT2D eigenvalue weighted by Crippen LogP contribution is 2.20. The van der Waals surface area contributed by atoms with Crippen LogP contribution in [0.1, 0.15) is 32.3 Å². The molecule has 0 aliphatic heterocycles. The quantitative estimate of drug-likeness (QED) is 0.674. The molecule has 0 unspecified atom stereocenters. The zero-order valence-electron chi connectivity index (χ0n) is 11.0. The summed E-state index contributed by atoms with van der Waals surface area (Å²) >= 11 is 0. The average molecular weight is 247 g/mol. The molecule has 0 saturated carbocycles. The molecule has 1 rings (SSSR count). The summed E-state index contributed by atoms with van der Waals surface area (Å²) in [5.41, 5.74) is 7.43. The SMILES string of the molecule is CCC(O)(CC)CNc1ccc(N)c(CC#N)c1. The second kappa shape index (κ2) is 6.27. The lowest BCUT2D eigenvalue weighted by molar-refractivity contribution is 0.0457. The summed E-state index contributed by atoms with van der Waals surface area (Å²) in [5, 5.41) is 22.1. The van der Waals surface area contributed by atoms with Gasteiger partial charge in [0, 0.05) is 17.9 Å². The fourth-order valence-electron chi connectivity index (χ4n) is 1.72. The summed E-state index contributed by atoms with van der Waals surface area (Å²) in [6.45, 7) is 4.43. The van der Waals surface area contributed by atoms with Gasteiger partial charge < -0.3 is 16.2 Å². The standard InChI is InChI=1S/C14H21N3O/c1-3-14(18,4-2)10-17-12-5-6-13(16)11(9-12)7-8-15/h5-6,9,17-18H,3-4,7,10,16H2,1-2H3. The van der Waals surface area contributed by atoms with E-state index in [2.05, 4.69) is 11.4 Å². The van der Waals surface area contributed by atoms with Crippen LogP contribution in [-0.2, 0) is 6.42 Å². The predicted octanol–water partition coefficient (Wildman–Crippen LogP) is 2.30. The van der Waals surface area contributed by atoms with Gasteiger partial charge in [-0.15, -0.1) is 0 Å². The second-order valence-electron chi connectivity index (χ2n) is 4.53.